The van der Waals surface area contributed by atoms with E-state index in [-0.39, 0.29) is 5.91 Å². The lowest BCUT2D eigenvalue weighted by Crippen LogP contribution is -2.49. The number of aryl methyl sites for hydroxylation is 1. The minimum atomic E-state index is 0.183. The Morgan fingerprint density at radius 3 is 2.39 bits per heavy atom. The highest BCUT2D eigenvalue weighted by atomic mass is 16.2. The molecule has 6 heteroatoms. The topological polar surface area (TPSA) is 54.3 Å². The first-order valence-corrected chi connectivity index (χ1v) is 10.7. The molecule has 31 heavy (non-hydrogen) atoms. The van der Waals surface area contributed by atoms with Crippen molar-refractivity contribution in [1.29, 1.82) is 0 Å². The maximum absolute atomic E-state index is 13.0. The number of hydrogen-bond donors (Lipinski definition) is 0. The van der Waals surface area contributed by atoms with Crippen molar-refractivity contribution in [1.82, 2.24) is 19.4 Å². The van der Waals surface area contributed by atoms with E-state index in [1.54, 1.807) is 0 Å². The average Bonchev–Trinajstić information content (AvgIpc) is 3.34. The third-order valence-corrected chi connectivity index (χ3v) is 5.86. The van der Waals surface area contributed by atoms with Gasteiger partial charge in [0.15, 0.2) is 0 Å². The number of carbonyl (C=O) groups excluding carboxylic acids is 1. The molecule has 156 valence electrons. The average molecular weight is 412 g/mol. The number of carbonyl (C=O) groups is 1. The lowest BCUT2D eigenvalue weighted by Gasteiger charge is -2.35. The van der Waals surface area contributed by atoms with Crippen molar-refractivity contribution in [3.05, 3.63) is 84.4 Å². The molecular formula is C25H25N5O. The summed E-state index contributed by atoms with van der Waals surface area (Å²) in [5, 5.41) is 2.33. The molecule has 4 aromatic rings. The van der Waals surface area contributed by atoms with Crippen LogP contribution in [0.2, 0.25) is 0 Å². The van der Waals surface area contributed by atoms with E-state index in [4.69, 9.17) is 0 Å². The van der Waals surface area contributed by atoms with Crippen LogP contribution in [-0.2, 0) is 11.2 Å². The molecule has 1 fully saturated rings. The van der Waals surface area contributed by atoms with Crippen LogP contribution in [-0.4, -0.2) is 51.5 Å². The molecule has 6 nitrogen and oxygen atoms in total. The molecule has 0 unspecified atom stereocenters. The second kappa shape index (κ2) is 8.22. The fourth-order valence-corrected chi connectivity index (χ4v) is 4.22. The van der Waals surface area contributed by atoms with Crippen LogP contribution in [0.5, 0.6) is 0 Å². The number of piperazine rings is 1. The lowest BCUT2D eigenvalue weighted by molar-refractivity contribution is -0.130. The van der Waals surface area contributed by atoms with E-state index in [0.717, 1.165) is 41.5 Å². The molecule has 0 N–H and O–H groups in total. The van der Waals surface area contributed by atoms with E-state index in [9.17, 15) is 4.79 Å². The van der Waals surface area contributed by atoms with E-state index in [1.807, 2.05) is 65.2 Å². The molecule has 0 radical (unpaired) electrons. The Hall–Kier alpha value is -3.67. The first kappa shape index (κ1) is 19.3. The molecule has 1 saturated heterocycles. The molecule has 5 rings (SSSR count). The molecule has 2 aromatic carbocycles. The van der Waals surface area contributed by atoms with Gasteiger partial charge in [-0.25, -0.2) is 9.97 Å². The molecule has 3 heterocycles. The number of amides is 1. The van der Waals surface area contributed by atoms with Gasteiger partial charge in [-0.3, -0.25) is 4.79 Å². The van der Waals surface area contributed by atoms with Crippen molar-refractivity contribution >= 4 is 22.5 Å². The zero-order chi connectivity index (χ0) is 21.2. The van der Waals surface area contributed by atoms with Gasteiger partial charge in [-0.15, -0.1) is 0 Å². The lowest BCUT2D eigenvalue weighted by atomic mass is 10.0. The Bertz CT molecular complexity index is 1200. The van der Waals surface area contributed by atoms with Gasteiger partial charge < -0.3 is 14.4 Å². The van der Waals surface area contributed by atoms with Crippen LogP contribution in [0, 0.1) is 6.92 Å². The van der Waals surface area contributed by atoms with Gasteiger partial charge >= 0.3 is 0 Å². The Morgan fingerprint density at radius 1 is 0.871 bits per heavy atom. The predicted octanol–water partition coefficient (Wildman–Crippen LogP) is 3.62. The van der Waals surface area contributed by atoms with E-state index < -0.39 is 0 Å². The second-order valence-electron chi connectivity index (χ2n) is 7.90. The second-order valence-corrected chi connectivity index (χ2v) is 7.90. The van der Waals surface area contributed by atoms with Crippen LogP contribution >= 0.6 is 0 Å². The minimum absolute atomic E-state index is 0.183. The minimum Gasteiger partial charge on any atom is -0.353 e. The van der Waals surface area contributed by atoms with Crippen LogP contribution < -0.4 is 4.90 Å². The van der Waals surface area contributed by atoms with Crippen molar-refractivity contribution in [2.24, 2.45) is 0 Å². The van der Waals surface area contributed by atoms with Crippen molar-refractivity contribution in [2.45, 2.75) is 13.3 Å². The monoisotopic (exact) mass is 411 g/mol. The van der Waals surface area contributed by atoms with Crippen LogP contribution in [0.4, 0.5) is 5.82 Å². The molecule has 0 aliphatic carbocycles. The molecule has 1 aliphatic heterocycles. The van der Waals surface area contributed by atoms with Crippen LogP contribution in [0.15, 0.2) is 73.1 Å². The highest BCUT2D eigenvalue weighted by Gasteiger charge is 2.23. The molecule has 1 amide bonds. The molecule has 1 aliphatic rings. The fourth-order valence-electron chi connectivity index (χ4n) is 4.22. The van der Waals surface area contributed by atoms with Crippen LogP contribution in [0.1, 0.15) is 11.4 Å². The maximum atomic E-state index is 13.0. The summed E-state index contributed by atoms with van der Waals surface area (Å²) in [5.74, 6) is 2.71. The number of benzene rings is 2. The summed E-state index contributed by atoms with van der Waals surface area (Å²) >= 11 is 0. The zero-order valence-electron chi connectivity index (χ0n) is 17.6. The van der Waals surface area contributed by atoms with E-state index in [1.165, 1.54) is 5.39 Å². The van der Waals surface area contributed by atoms with Gasteiger partial charge in [0, 0.05) is 44.6 Å². The number of fused-ring (bicyclic) bond motifs is 1. The summed E-state index contributed by atoms with van der Waals surface area (Å²) < 4.78 is 1.99. The van der Waals surface area contributed by atoms with Crippen molar-refractivity contribution in [3.8, 4) is 5.82 Å². The van der Waals surface area contributed by atoms with Gasteiger partial charge in [0.1, 0.15) is 17.5 Å². The number of hydrogen-bond acceptors (Lipinski definition) is 4. The van der Waals surface area contributed by atoms with Gasteiger partial charge in [-0.05, 0) is 35.4 Å². The summed E-state index contributed by atoms with van der Waals surface area (Å²) in [4.78, 5) is 26.4. The maximum Gasteiger partial charge on any atom is 0.227 e. The first-order valence-electron chi connectivity index (χ1n) is 10.7. The highest BCUT2D eigenvalue weighted by molar-refractivity contribution is 5.90. The third kappa shape index (κ3) is 4.01. The molecular weight excluding hydrogens is 386 g/mol. The fraction of sp³-hybridized carbons (Fsp3) is 0.240. The Kier molecular flexibility index (Phi) is 5.12. The Labute approximate surface area is 181 Å². The first-order chi connectivity index (χ1) is 15.2. The Morgan fingerprint density at radius 2 is 1.58 bits per heavy atom. The number of aromatic nitrogens is 3. The zero-order valence-corrected chi connectivity index (χ0v) is 17.6. The van der Waals surface area contributed by atoms with Gasteiger partial charge in [0.2, 0.25) is 5.91 Å². The van der Waals surface area contributed by atoms with E-state index in [0.29, 0.717) is 19.5 Å². The normalized spacial score (nSPS) is 14.2. The van der Waals surface area contributed by atoms with Gasteiger partial charge in [-0.2, -0.15) is 0 Å². The summed E-state index contributed by atoms with van der Waals surface area (Å²) in [6.07, 6.45) is 4.40. The summed E-state index contributed by atoms with van der Waals surface area (Å²) in [6.45, 7) is 4.85. The van der Waals surface area contributed by atoms with Gasteiger partial charge in [0.05, 0.1) is 6.42 Å². The van der Waals surface area contributed by atoms with E-state index in [2.05, 4.69) is 39.1 Å². The quantitative estimate of drug-likeness (QED) is 0.515. The summed E-state index contributed by atoms with van der Waals surface area (Å²) in [5.41, 5.74) is 1.09. The molecule has 0 atom stereocenters. The number of nitrogens with zero attached hydrogens (tertiary/aromatic N) is 5. The standard InChI is InChI=1S/C25H25N5O/c1-19-26-23(28-11-4-5-12-28)18-24(27-19)29-13-15-30(16-14-29)25(31)17-21-9-6-8-20-7-2-3-10-22(20)21/h2-12,18H,13-17H2,1H3. The SMILES string of the molecule is Cc1nc(N2CCN(C(=O)Cc3cccc4ccccc34)CC2)cc(-n2cccc2)n1. The van der Waals surface area contributed by atoms with E-state index >= 15 is 0 Å². The van der Waals surface area contributed by atoms with Gasteiger partial charge in [0.25, 0.3) is 0 Å². The third-order valence-electron chi connectivity index (χ3n) is 5.86. The summed E-state index contributed by atoms with van der Waals surface area (Å²) in [7, 11) is 0. The van der Waals surface area contributed by atoms with Crippen molar-refractivity contribution in [3.63, 3.8) is 0 Å². The molecule has 0 spiro atoms. The van der Waals surface area contributed by atoms with Crippen molar-refractivity contribution in [2.75, 3.05) is 31.1 Å². The van der Waals surface area contributed by atoms with Crippen LogP contribution in [0.25, 0.3) is 16.6 Å². The molecule has 0 bridgehead atoms. The Balaban J connectivity index is 1.27. The molecule has 0 saturated carbocycles. The van der Waals surface area contributed by atoms with Crippen molar-refractivity contribution < 1.29 is 4.79 Å². The smallest absolute Gasteiger partial charge is 0.227 e. The number of rotatable bonds is 4. The number of anilines is 1. The highest BCUT2D eigenvalue weighted by Crippen LogP contribution is 2.21. The predicted molar refractivity (Wildman–Crippen MR) is 123 cm³/mol. The summed E-state index contributed by atoms with van der Waals surface area (Å²) in [6, 6.07) is 20.4. The molecule has 2 aromatic heterocycles. The largest absolute Gasteiger partial charge is 0.353 e. The van der Waals surface area contributed by atoms with Crippen LogP contribution in [0.3, 0.4) is 0 Å². The van der Waals surface area contributed by atoms with Gasteiger partial charge in [-0.1, -0.05) is 42.5 Å².